The second kappa shape index (κ2) is 9.66. The van der Waals surface area contributed by atoms with Gasteiger partial charge in [0, 0.05) is 13.1 Å². The van der Waals surface area contributed by atoms with Gasteiger partial charge in [-0.1, -0.05) is 29.3 Å². The molecule has 2 atom stereocenters. The van der Waals surface area contributed by atoms with Crippen LogP contribution in [0.1, 0.15) is 11.7 Å². The lowest BCUT2D eigenvalue weighted by Crippen LogP contribution is -2.40. The largest absolute Gasteiger partial charge is 0.435 e. The highest BCUT2D eigenvalue weighted by Gasteiger charge is 2.38. The summed E-state index contributed by atoms with van der Waals surface area (Å²) >= 11 is 12.0. The molecule has 1 aliphatic rings. The van der Waals surface area contributed by atoms with Crippen molar-refractivity contribution >= 4 is 39.1 Å². The predicted octanol–water partition coefficient (Wildman–Crippen LogP) is 3.46. The summed E-state index contributed by atoms with van der Waals surface area (Å²) in [5.74, 6) is -1.93. The van der Waals surface area contributed by atoms with Crippen LogP contribution >= 0.6 is 23.2 Å². The maximum Gasteiger partial charge on any atom is 0.387 e. The number of carbonyl (C=O) groups is 1. The van der Waals surface area contributed by atoms with Crippen molar-refractivity contribution in [2.24, 2.45) is 11.7 Å². The van der Waals surface area contributed by atoms with Gasteiger partial charge in [0.25, 0.3) is 0 Å². The highest BCUT2D eigenvalue weighted by Crippen LogP contribution is 2.34. The van der Waals surface area contributed by atoms with Gasteiger partial charge in [0.2, 0.25) is 15.9 Å². The number of sulfonamides is 1. The van der Waals surface area contributed by atoms with Crippen LogP contribution in [-0.2, 0) is 19.6 Å². The number of carbonyl (C=O) groups excluding carboxylic acids is 1. The average molecular weight is 495 g/mol. The van der Waals surface area contributed by atoms with Gasteiger partial charge in [-0.05, 0) is 42.0 Å². The minimum atomic E-state index is -4.06. The fourth-order valence-electron chi connectivity index (χ4n) is 3.22. The van der Waals surface area contributed by atoms with Crippen molar-refractivity contribution in [2.45, 2.75) is 17.6 Å². The summed E-state index contributed by atoms with van der Waals surface area (Å²) in [7, 11) is -4.06. The molecule has 168 valence electrons. The summed E-state index contributed by atoms with van der Waals surface area (Å²) in [4.78, 5) is 12.0. The molecule has 2 aromatic carbocycles. The van der Waals surface area contributed by atoms with Gasteiger partial charge in [0.1, 0.15) is 5.75 Å². The van der Waals surface area contributed by atoms with Crippen molar-refractivity contribution in [2.75, 3.05) is 19.7 Å². The number of halogens is 4. The first-order valence-electron chi connectivity index (χ1n) is 9.00. The van der Waals surface area contributed by atoms with Crippen molar-refractivity contribution < 1.29 is 31.5 Å². The first-order valence-corrected chi connectivity index (χ1v) is 11.2. The number of hydrogen-bond donors (Lipinski definition) is 1. The molecule has 1 fully saturated rings. The second-order valence-electron chi connectivity index (χ2n) is 6.69. The fraction of sp³-hybridized carbons (Fsp3) is 0.316. The van der Waals surface area contributed by atoms with E-state index in [-0.39, 0.29) is 35.4 Å². The molecule has 2 aromatic rings. The minimum absolute atomic E-state index is 0.0134. The quantitative estimate of drug-likeness (QED) is 0.662. The molecule has 31 heavy (non-hydrogen) atoms. The fourth-order valence-corrected chi connectivity index (χ4v) is 4.98. The smallest absolute Gasteiger partial charge is 0.387 e. The lowest BCUT2D eigenvalue weighted by Gasteiger charge is -2.25. The molecule has 1 saturated heterocycles. The Bertz CT molecular complexity index is 1050. The lowest BCUT2D eigenvalue weighted by atomic mass is 9.95. The number of rotatable bonds is 6. The summed E-state index contributed by atoms with van der Waals surface area (Å²) in [6.45, 7) is -3.32. The van der Waals surface area contributed by atoms with Gasteiger partial charge in [0.05, 0.1) is 33.6 Å². The number of benzene rings is 2. The van der Waals surface area contributed by atoms with Gasteiger partial charge < -0.3 is 15.2 Å². The third kappa shape index (κ3) is 5.45. The van der Waals surface area contributed by atoms with Gasteiger partial charge >= 0.3 is 6.61 Å². The van der Waals surface area contributed by atoms with E-state index >= 15 is 0 Å². The van der Waals surface area contributed by atoms with Crippen molar-refractivity contribution in [1.29, 1.82) is 0 Å². The van der Waals surface area contributed by atoms with E-state index in [9.17, 15) is 22.0 Å². The van der Waals surface area contributed by atoms with Crippen molar-refractivity contribution in [1.82, 2.24) is 4.31 Å². The third-order valence-electron chi connectivity index (χ3n) is 4.73. The number of nitrogens with two attached hydrogens (primary N) is 1. The molecule has 0 aromatic heterocycles. The Morgan fingerprint density at radius 2 is 1.84 bits per heavy atom. The first kappa shape index (κ1) is 23.7. The van der Waals surface area contributed by atoms with Crippen LogP contribution < -0.4 is 10.5 Å². The molecule has 0 saturated carbocycles. The summed E-state index contributed by atoms with van der Waals surface area (Å²) in [6.07, 6.45) is -0.825. The topological polar surface area (TPSA) is 98.9 Å². The number of hydrogen-bond acceptors (Lipinski definition) is 5. The molecular weight excluding hydrogens is 477 g/mol. The van der Waals surface area contributed by atoms with E-state index in [4.69, 9.17) is 33.7 Å². The van der Waals surface area contributed by atoms with E-state index in [0.29, 0.717) is 10.6 Å². The van der Waals surface area contributed by atoms with Crippen LogP contribution in [-0.4, -0.2) is 44.9 Å². The SMILES string of the molecule is NC(=O)[C@@H]1CN(S(=O)(=O)c2ccc(OC(F)F)cc2)CCO[C@H]1c1ccc(Cl)c(Cl)c1. The summed E-state index contributed by atoms with van der Waals surface area (Å²) < 4.78 is 61.8. The van der Waals surface area contributed by atoms with Gasteiger partial charge in [-0.25, -0.2) is 8.42 Å². The van der Waals surface area contributed by atoms with Crippen molar-refractivity contribution in [3.63, 3.8) is 0 Å². The van der Waals surface area contributed by atoms with Crippen LogP contribution in [0.5, 0.6) is 5.75 Å². The molecular formula is C19H18Cl2F2N2O5S. The van der Waals surface area contributed by atoms with Crippen LogP contribution in [0, 0.1) is 5.92 Å². The van der Waals surface area contributed by atoms with E-state index in [1.54, 1.807) is 12.1 Å². The molecule has 3 rings (SSSR count). The zero-order chi connectivity index (χ0) is 22.8. The Morgan fingerprint density at radius 3 is 2.42 bits per heavy atom. The number of alkyl halides is 2. The zero-order valence-corrected chi connectivity index (χ0v) is 18.2. The molecule has 1 heterocycles. The summed E-state index contributed by atoms with van der Waals surface area (Å²) in [5.41, 5.74) is 6.09. The molecule has 0 bridgehead atoms. The van der Waals surface area contributed by atoms with Gasteiger partial charge in [-0.3, -0.25) is 4.79 Å². The molecule has 0 radical (unpaired) electrons. The summed E-state index contributed by atoms with van der Waals surface area (Å²) in [5, 5.41) is 0.573. The van der Waals surface area contributed by atoms with E-state index < -0.39 is 34.6 Å². The van der Waals surface area contributed by atoms with Crippen molar-refractivity contribution in [3.05, 3.63) is 58.1 Å². The Balaban J connectivity index is 1.87. The Kier molecular flexibility index (Phi) is 7.38. The Morgan fingerprint density at radius 1 is 1.16 bits per heavy atom. The van der Waals surface area contributed by atoms with Gasteiger partial charge in [0.15, 0.2) is 0 Å². The molecule has 12 heteroatoms. The molecule has 7 nitrogen and oxygen atoms in total. The third-order valence-corrected chi connectivity index (χ3v) is 7.35. The number of ether oxygens (including phenoxy) is 2. The second-order valence-corrected chi connectivity index (χ2v) is 9.44. The van der Waals surface area contributed by atoms with Gasteiger partial charge in [-0.15, -0.1) is 0 Å². The normalized spacial score (nSPS) is 20.4. The molecule has 0 aliphatic carbocycles. The predicted molar refractivity (Wildman–Crippen MR) is 110 cm³/mol. The van der Waals surface area contributed by atoms with Crippen LogP contribution in [0.25, 0.3) is 0 Å². The maximum absolute atomic E-state index is 13.1. The van der Waals surface area contributed by atoms with Crippen LogP contribution in [0.15, 0.2) is 47.4 Å². The first-order chi connectivity index (χ1) is 14.6. The highest BCUT2D eigenvalue weighted by molar-refractivity contribution is 7.89. The van der Waals surface area contributed by atoms with Crippen molar-refractivity contribution in [3.8, 4) is 5.75 Å². The Hall–Kier alpha value is -1.98. The van der Waals surface area contributed by atoms with E-state index in [2.05, 4.69) is 4.74 Å². The highest BCUT2D eigenvalue weighted by atomic mass is 35.5. The Labute approximate surface area is 187 Å². The molecule has 0 unspecified atom stereocenters. The zero-order valence-electron chi connectivity index (χ0n) is 15.9. The monoisotopic (exact) mass is 494 g/mol. The maximum atomic E-state index is 13.1. The number of amides is 1. The van der Waals surface area contributed by atoms with E-state index in [0.717, 1.165) is 28.6 Å². The van der Waals surface area contributed by atoms with Crippen LogP contribution in [0.2, 0.25) is 10.0 Å². The lowest BCUT2D eigenvalue weighted by molar-refractivity contribution is -0.126. The molecule has 1 amide bonds. The molecule has 2 N–H and O–H groups in total. The number of nitrogens with zero attached hydrogens (tertiary/aromatic N) is 1. The van der Waals surface area contributed by atoms with E-state index in [1.807, 2.05) is 0 Å². The standard InChI is InChI=1S/C19H18Cl2F2N2O5S/c20-15-6-1-11(9-16(15)21)17-14(18(24)26)10-25(7-8-29-17)31(27,28)13-4-2-12(3-5-13)30-19(22)23/h1-6,9,14,17,19H,7-8,10H2,(H2,24,26)/t14-,17+/m1/s1. The average Bonchev–Trinajstić information content (AvgIpc) is 2.94. The van der Waals surface area contributed by atoms with Crippen LogP contribution in [0.3, 0.4) is 0 Å². The van der Waals surface area contributed by atoms with Gasteiger partial charge in [-0.2, -0.15) is 13.1 Å². The minimum Gasteiger partial charge on any atom is -0.435 e. The summed E-state index contributed by atoms with van der Waals surface area (Å²) in [6, 6.07) is 9.25. The van der Waals surface area contributed by atoms with Crippen LogP contribution in [0.4, 0.5) is 8.78 Å². The number of primary amides is 1. The van der Waals surface area contributed by atoms with E-state index in [1.165, 1.54) is 6.07 Å². The molecule has 0 spiro atoms. The molecule has 1 aliphatic heterocycles.